The molecule has 2 aromatic rings. The highest BCUT2D eigenvalue weighted by molar-refractivity contribution is 6.00. The van der Waals surface area contributed by atoms with Gasteiger partial charge in [0.1, 0.15) is 0 Å². The third-order valence-electron chi connectivity index (χ3n) is 3.15. The fourth-order valence-electron chi connectivity index (χ4n) is 1.85. The Hall–Kier alpha value is -2.21. The topological polar surface area (TPSA) is 88.2 Å². The van der Waals surface area contributed by atoms with Gasteiger partial charge < -0.3 is 14.9 Å². The first-order chi connectivity index (χ1) is 10.3. The van der Waals surface area contributed by atoms with Gasteiger partial charge in [-0.3, -0.25) is 4.79 Å². The fraction of sp³-hybridized carbons (Fsp3) is 0.438. The second-order valence-corrected chi connectivity index (χ2v) is 6.28. The molecule has 0 bridgehead atoms. The summed E-state index contributed by atoms with van der Waals surface area (Å²) < 4.78 is 5.31. The molecule has 2 rings (SSSR count). The Morgan fingerprint density at radius 1 is 1.36 bits per heavy atom. The monoisotopic (exact) mass is 303 g/mol. The molecule has 1 atom stereocenters. The van der Waals surface area contributed by atoms with Crippen LogP contribution in [0.15, 0.2) is 28.8 Å². The molecule has 1 heterocycles. The standard InChI is InChI=1S/C16H21N3O3/c1-10(9-20)17-13(21)11-7-5-6-8-12(11)14-18-15(19-22-14)16(2,3)4/h5-8,10,20H,9H2,1-4H3,(H,17,21). The van der Waals surface area contributed by atoms with Crippen molar-refractivity contribution in [2.24, 2.45) is 0 Å². The molecular weight excluding hydrogens is 282 g/mol. The SMILES string of the molecule is CC(CO)NC(=O)c1ccccc1-c1nc(C(C)(C)C)no1. The second kappa shape index (κ2) is 6.27. The average molecular weight is 303 g/mol. The summed E-state index contributed by atoms with van der Waals surface area (Å²) in [6, 6.07) is 6.70. The Kier molecular flexibility index (Phi) is 4.61. The van der Waals surface area contributed by atoms with E-state index in [1.165, 1.54) is 0 Å². The largest absolute Gasteiger partial charge is 0.394 e. The Morgan fingerprint density at radius 3 is 2.64 bits per heavy atom. The molecule has 2 N–H and O–H groups in total. The number of nitrogens with one attached hydrogen (secondary N) is 1. The Bertz CT molecular complexity index is 659. The van der Waals surface area contributed by atoms with Crippen LogP contribution in [0.5, 0.6) is 0 Å². The van der Waals surface area contributed by atoms with Crippen LogP contribution >= 0.6 is 0 Å². The van der Waals surface area contributed by atoms with Gasteiger partial charge in [-0.25, -0.2) is 0 Å². The lowest BCUT2D eigenvalue weighted by Crippen LogP contribution is -2.35. The summed E-state index contributed by atoms with van der Waals surface area (Å²) in [5.41, 5.74) is 0.782. The zero-order valence-electron chi connectivity index (χ0n) is 13.3. The van der Waals surface area contributed by atoms with E-state index in [1.54, 1.807) is 25.1 Å². The van der Waals surface area contributed by atoms with E-state index >= 15 is 0 Å². The van der Waals surface area contributed by atoms with E-state index < -0.39 is 0 Å². The highest BCUT2D eigenvalue weighted by atomic mass is 16.5. The van der Waals surface area contributed by atoms with Gasteiger partial charge in [0.05, 0.1) is 17.7 Å². The Morgan fingerprint density at radius 2 is 2.05 bits per heavy atom. The molecule has 0 aliphatic rings. The number of nitrogens with zero attached hydrogens (tertiary/aromatic N) is 2. The molecule has 1 amide bonds. The molecule has 1 unspecified atom stereocenters. The first-order valence-corrected chi connectivity index (χ1v) is 7.18. The Labute approximate surface area is 129 Å². The molecule has 0 aliphatic carbocycles. The summed E-state index contributed by atoms with van der Waals surface area (Å²) in [7, 11) is 0. The Balaban J connectivity index is 2.36. The van der Waals surface area contributed by atoms with Crippen molar-refractivity contribution >= 4 is 5.91 Å². The van der Waals surface area contributed by atoms with Crippen LogP contribution in [0.1, 0.15) is 43.9 Å². The molecule has 0 saturated heterocycles. The van der Waals surface area contributed by atoms with Crippen LogP contribution in [0.3, 0.4) is 0 Å². The van der Waals surface area contributed by atoms with Crippen molar-refractivity contribution in [1.29, 1.82) is 0 Å². The quantitative estimate of drug-likeness (QED) is 0.903. The predicted octanol–water partition coefficient (Wildman–Crippen LogP) is 2.14. The van der Waals surface area contributed by atoms with Crippen molar-refractivity contribution in [3.63, 3.8) is 0 Å². The summed E-state index contributed by atoms with van der Waals surface area (Å²) >= 11 is 0. The smallest absolute Gasteiger partial charge is 0.258 e. The predicted molar refractivity (Wildman–Crippen MR) is 82.4 cm³/mol. The maximum atomic E-state index is 12.3. The average Bonchev–Trinajstić information content (AvgIpc) is 2.96. The summed E-state index contributed by atoms with van der Waals surface area (Å²) in [4.78, 5) is 16.7. The van der Waals surface area contributed by atoms with E-state index in [0.717, 1.165) is 0 Å². The van der Waals surface area contributed by atoms with Crippen molar-refractivity contribution in [2.45, 2.75) is 39.2 Å². The zero-order chi connectivity index (χ0) is 16.3. The van der Waals surface area contributed by atoms with Gasteiger partial charge in [0, 0.05) is 11.5 Å². The van der Waals surface area contributed by atoms with Crippen LogP contribution in [0.2, 0.25) is 0 Å². The first kappa shape index (κ1) is 16.2. The van der Waals surface area contributed by atoms with Crippen LogP contribution in [-0.2, 0) is 5.41 Å². The van der Waals surface area contributed by atoms with Crippen molar-refractivity contribution in [3.8, 4) is 11.5 Å². The molecule has 0 fully saturated rings. The van der Waals surface area contributed by atoms with Gasteiger partial charge in [0.25, 0.3) is 11.8 Å². The number of aliphatic hydroxyl groups is 1. The summed E-state index contributed by atoms with van der Waals surface area (Å²) in [6.07, 6.45) is 0. The molecule has 1 aromatic heterocycles. The normalized spacial score (nSPS) is 13.0. The number of amides is 1. The molecule has 118 valence electrons. The van der Waals surface area contributed by atoms with Gasteiger partial charge in [-0.1, -0.05) is 38.1 Å². The fourth-order valence-corrected chi connectivity index (χ4v) is 1.85. The number of carbonyl (C=O) groups excluding carboxylic acids is 1. The van der Waals surface area contributed by atoms with E-state index in [-0.39, 0.29) is 24.0 Å². The van der Waals surface area contributed by atoms with E-state index in [9.17, 15) is 4.79 Å². The lowest BCUT2D eigenvalue weighted by atomic mass is 9.96. The molecule has 22 heavy (non-hydrogen) atoms. The van der Waals surface area contributed by atoms with Gasteiger partial charge in [0.15, 0.2) is 5.82 Å². The van der Waals surface area contributed by atoms with Crippen molar-refractivity contribution in [3.05, 3.63) is 35.7 Å². The molecule has 0 saturated carbocycles. The summed E-state index contributed by atoms with van der Waals surface area (Å²) in [6.45, 7) is 7.57. The molecule has 0 spiro atoms. The second-order valence-electron chi connectivity index (χ2n) is 6.28. The number of hydrogen-bond acceptors (Lipinski definition) is 5. The van der Waals surface area contributed by atoms with Gasteiger partial charge in [-0.2, -0.15) is 4.98 Å². The minimum Gasteiger partial charge on any atom is -0.394 e. The molecule has 1 aromatic carbocycles. The molecule has 0 radical (unpaired) electrons. The number of rotatable bonds is 4. The number of benzene rings is 1. The van der Waals surface area contributed by atoms with Crippen molar-refractivity contribution < 1.29 is 14.4 Å². The lowest BCUT2D eigenvalue weighted by molar-refractivity contribution is 0.0922. The van der Waals surface area contributed by atoms with Crippen LogP contribution in [0, 0.1) is 0 Å². The first-order valence-electron chi connectivity index (χ1n) is 7.18. The lowest BCUT2D eigenvalue weighted by Gasteiger charge is -2.12. The molecule has 0 aliphatic heterocycles. The number of aliphatic hydroxyl groups excluding tert-OH is 1. The van der Waals surface area contributed by atoms with E-state index in [1.807, 2.05) is 26.8 Å². The third-order valence-corrected chi connectivity index (χ3v) is 3.15. The molecule has 6 nitrogen and oxygen atoms in total. The minimum absolute atomic E-state index is 0.122. The summed E-state index contributed by atoms with van der Waals surface area (Å²) in [5, 5.41) is 15.8. The van der Waals surface area contributed by atoms with E-state index in [0.29, 0.717) is 22.8 Å². The van der Waals surface area contributed by atoms with Crippen molar-refractivity contribution in [2.75, 3.05) is 6.61 Å². The van der Waals surface area contributed by atoms with E-state index in [2.05, 4.69) is 15.5 Å². The van der Waals surface area contributed by atoms with Gasteiger partial charge in [-0.05, 0) is 19.1 Å². The van der Waals surface area contributed by atoms with Crippen LogP contribution < -0.4 is 5.32 Å². The van der Waals surface area contributed by atoms with Gasteiger partial charge >= 0.3 is 0 Å². The highest BCUT2D eigenvalue weighted by Gasteiger charge is 2.23. The maximum Gasteiger partial charge on any atom is 0.258 e. The number of carbonyl (C=O) groups is 1. The van der Waals surface area contributed by atoms with Gasteiger partial charge in [-0.15, -0.1) is 0 Å². The number of aromatic nitrogens is 2. The third kappa shape index (κ3) is 3.51. The zero-order valence-corrected chi connectivity index (χ0v) is 13.3. The minimum atomic E-state index is -0.326. The highest BCUT2D eigenvalue weighted by Crippen LogP contribution is 2.26. The number of hydrogen-bond donors (Lipinski definition) is 2. The van der Waals surface area contributed by atoms with Gasteiger partial charge in [0.2, 0.25) is 0 Å². The van der Waals surface area contributed by atoms with Crippen LogP contribution in [0.4, 0.5) is 0 Å². The summed E-state index contributed by atoms with van der Waals surface area (Å²) in [5.74, 6) is 0.612. The van der Waals surface area contributed by atoms with Crippen LogP contribution in [-0.4, -0.2) is 33.8 Å². The molecular formula is C16H21N3O3. The van der Waals surface area contributed by atoms with Crippen molar-refractivity contribution in [1.82, 2.24) is 15.5 Å². The molecule has 6 heteroatoms. The maximum absolute atomic E-state index is 12.3. The van der Waals surface area contributed by atoms with Crippen LogP contribution in [0.25, 0.3) is 11.5 Å². The van der Waals surface area contributed by atoms with E-state index in [4.69, 9.17) is 9.63 Å².